The van der Waals surface area contributed by atoms with Gasteiger partial charge in [-0.25, -0.2) is 4.98 Å². The van der Waals surface area contributed by atoms with Gasteiger partial charge in [-0.1, -0.05) is 35.9 Å². The number of aromatic nitrogens is 2. The Hall–Kier alpha value is -3.27. The first kappa shape index (κ1) is 14.3. The van der Waals surface area contributed by atoms with E-state index in [1.807, 2.05) is 12.3 Å². The Kier molecular flexibility index (Phi) is 3.24. The predicted octanol–water partition coefficient (Wildman–Crippen LogP) is 4.62. The van der Waals surface area contributed by atoms with Crippen LogP contribution in [0.25, 0.3) is 33.3 Å². The zero-order valence-electron chi connectivity index (χ0n) is 13.1. The molecule has 0 bridgehead atoms. The molecule has 3 N–H and O–H groups in total. The number of pyridine rings is 1. The molecule has 2 aromatic heterocycles. The summed E-state index contributed by atoms with van der Waals surface area (Å²) in [5.41, 5.74) is 5.93. The SMILES string of the molecule is Cc1ccc(-c2c[nH]c3ncc(-c4ccc(O)c(O)c4)cc23)cc1. The Morgan fingerprint density at radius 2 is 1.58 bits per heavy atom. The first-order valence-corrected chi connectivity index (χ1v) is 7.68. The molecule has 24 heavy (non-hydrogen) atoms. The highest BCUT2D eigenvalue weighted by molar-refractivity contribution is 5.95. The van der Waals surface area contributed by atoms with E-state index in [1.54, 1.807) is 12.3 Å². The molecule has 4 aromatic rings. The molecule has 2 aromatic carbocycles. The number of aromatic hydroxyl groups is 2. The highest BCUT2D eigenvalue weighted by Gasteiger charge is 2.10. The van der Waals surface area contributed by atoms with E-state index in [1.165, 1.54) is 17.7 Å². The summed E-state index contributed by atoms with van der Waals surface area (Å²) in [6, 6.07) is 15.2. The van der Waals surface area contributed by atoms with E-state index in [2.05, 4.69) is 41.2 Å². The van der Waals surface area contributed by atoms with Crippen LogP contribution in [0.4, 0.5) is 0 Å². The van der Waals surface area contributed by atoms with Crippen LogP contribution in [0, 0.1) is 6.92 Å². The number of aryl methyl sites for hydroxylation is 1. The average molecular weight is 316 g/mol. The van der Waals surface area contributed by atoms with Crippen molar-refractivity contribution in [1.82, 2.24) is 9.97 Å². The van der Waals surface area contributed by atoms with E-state index in [4.69, 9.17) is 0 Å². The number of H-pyrrole nitrogens is 1. The molecule has 0 aliphatic rings. The number of aromatic amines is 1. The lowest BCUT2D eigenvalue weighted by Crippen LogP contribution is -1.83. The lowest BCUT2D eigenvalue weighted by Gasteiger charge is -2.05. The van der Waals surface area contributed by atoms with Crippen molar-refractivity contribution in [2.45, 2.75) is 6.92 Å². The molecule has 0 spiro atoms. The lowest BCUT2D eigenvalue weighted by atomic mass is 10.0. The van der Waals surface area contributed by atoms with E-state index in [0.717, 1.165) is 33.3 Å². The van der Waals surface area contributed by atoms with Gasteiger partial charge in [-0.05, 0) is 36.2 Å². The number of nitrogens with zero attached hydrogens (tertiary/aromatic N) is 1. The minimum atomic E-state index is -0.138. The van der Waals surface area contributed by atoms with Crippen molar-refractivity contribution in [2.24, 2.45) is 0 Å². The molecule has 4 nitrogen and oxygen atoms in total. The van der Waals surface area contributed by atoms with Crippen molar-refractivity contribution in [3.8, 4) is 33.8 Å². The second-order valence-corrected chi connectivity index (χ2v) is 5.89. The Bertz CT molecular complexity index is 1030. The summed E-state index contributed by atoms with van der Waals surface area (Å²) in [7, 11) is 0. The zero-order chi connectivity index (χ0) is 16.7. The monoisotopic (exact) mass is 316 g/mol. The summed E-state index contributed by atoms with van der Waals surface area (Å²) < 4.78 is 0. The fraction of sp³-hybridized carbons (Fsp3) is 0.0500. The van der Waals surface area contributed by atoms with Crippen LogP contribution in [0.2, 0.25) is 0 Å². The van der Waals surface area contributed by atoms with Crippen LogP contribution < -0.4 is 0 Å². The van der Waals surface area contributed by atoms with Crippen molar-refractivity contribution in [1.29, 1.82) is 0 Å². The van der Waals surface area contributed by atoms with Crippen molar-refractivity contribution in [2.75, 3.05) is 0 Å². The third kappa shape index (κ3) is 2.38. The number of hydrogen-bond donors (Lipinski definition) is 3. The minimum Gasteiger partial charge on any atom is -0.504 e. The molecule has 0 fully saturated rings. The van der Waals surface area contributed by atoms with Gasteiger partial charge in [-0.3, -0.25) is 0 Å². The molecule has 0 aliphatic heterocycles. The first-order chi connectivity index (χ1) is 11.6. The maximum Gasteiger partial charge on any atom is 0.158 e. The van der Waals surface area contributed by atoms with Gasteiger partial charge >= 0.3 is 0 Å². The van der Waals surface area contributed by atoms with Crippen LogP contribution in [-0.4, -0.2) is 20.2 Å². The summed E-state index contributed by atoms with van der Waals surface area (Å²) in [4.78, 5) is 7.67. The quantitative estimate of drug-likeness (QED) is 0.473. The predicted molar refractivity (Wildman–Crippen MR) is 95.0 cm³/mol. The second-order valence-electron chi connectivity index (χ2n) is 5.89. The Morgan fingerprint density at radius 3 is 2.33 bits per heavy atom. The smallest absolute Gasteiger partial charge is 0.158 e. The van der Waals surface area contributed by atoms with E-state index in [-0.39, 0.29) is 11.5 Å². The third-order valence-corrected chi connectivity index (χ3v) is 4.20. The van der Waals surface area contributed by atoms with Gasteiger partial charge in [0.25, 0.3) is 0 Å². The molecule has 0 unspecified atom stereocenters. The number of phenolic OH excluding ortho intramolecular Hbond substituents is 2. The first-order valence-electron chi connectivity index (χ1n) is 7.68. The van der Waals surface area contributed by atoms with E-state index < -0.39 is 0 Å². The Labute approximate surface area is 139 Å². The standard InChI is InChI=1S/C20H16N2O2/c1-12-2-4-13(5-3-12)17-11-22-20-16(17)8-15(10-21-20)14-6-7-18(23)19(24)9-14/h2-11,23-24H,1H3,(H,21,22). The van der Waals surface area contributed by atoms with Crippen LogP contribution in [-0.2, 0) is 0 Å². The molecule has 0 radical (unpaired) electrons. The Balaban J connectivity index is 1.86. The summed E-state index contributed by atoms with van der Waals surface area (Å²) in [5.74, 6) is -0.268. The molecule has 0 saturated heterocycles. The van der Waals surface area contributed by atoms with Crippen LogP contribution in [0.15, 0.2) is 60.9 Å². The van der Waals surface area contributed by atoms with E-state index >= 15 is 0 Å². The molecule has 4 rings (SSSR count). The fourth-order valence-corrected chi connectivity index (χ4v) is 2.84. The highest BCUT2D eigenvalue weighted by atomic mass is 16.3. The maximum absolute atomic E-state index is 9.72. The third-order valence-electron chi connectivity index (χ3n) is 4.20. The largest absolute Gasteiger partial charge is 0.504 e. The highest BCUT2D eigenvalue weighted by Crippen LogP contribution is 2.34. The molecule has 118 valence electrons. The lowest BCUT2D eigenvalue weighted by molar-refractivity contribution is 0.404. The van der Waals surface area contributed by atoms with Crippen molar-refractivity contribution in [3.63, 3.8) is 0 Å². The maximum atomic E-state index is 9.72. The Morgan fingerprint density at radius 1 is 0.833 bits per heavy atom. The average Bonchev–Trinajstić information content (AvgIpc) is 3.01. The minimum absolute atomic E-state index is 0.130. The van der Waals surface area contributed by atoms with Gasteiger partial charge in [0.2, 0.25) is 0 Å². The van der Waals surface area contributed by atoms with Gasteiger partial charge in [0, 0.05) is 28.9 Å². The summed E-state index contributed by atoms with van der Waals surface area (Å²) >= 11 is 0. The van der Waals surface area contributed by atoms with Gasteiger partial charge in [-0.15, -0.1) is 0 Å². The number of phenols is 2. The van der Waals surface area contributed by atoms with Crippen molar-refractivity contribution in [3.05, 3.63) is 66.5 Å². The number of hydrogen-bond acceptors (Lipinski definition) is 3. The van der Waals surface area contributed by atoms with Gasteiger partial charge in [0.15, 0.2) is 11.5 Å². The second kappa shape index (κ2) is 5.42. The zero-order valence-corrected chi connectivity index (χ0v) is 13.1. The van der Waals surface area contributed by atoms with Gasteiger partial charge in [-0.2, -0.15) is 0 Å². The molecule has 2 heterocycles. The van der Waals surface area contributed by atoms with E-state index in [0.29, 0.717) is 0 Å². The number of nitrogens with one attached hydrogen (secondary N) is 1. The van der Waals surface area contributed by atoms with Crippen LogP contribution in [0.3, 0.4) is 0 Å². The van der Waals surface area contributed by atoms with Crippen LogP contribution in [0.1, 0.15) is 5.56 Å². The molecule has 4 heteroatoms. The molecular weight excluding hydrogens is 300 g/mol. The summed E-state index contributed by atoms with van der Waals surface area (Å²) in [5, 5.41) is 20.2. The van der Waals surface area contributed by atoms with Crippen LogP contribution >= 0.6 is 0 Å². The fourth-order valence-electron chi connectivity index (χ4n) is 2.84. The summed E-state index contributed by atoms with van der Waals surface area (Å²) in [6.07, 6.45) is 3.71. The number of benzene rings is 2. The normalized spacial score (nSPS) is 11.0. The van der Waals surface area contributed by atoms with Crippen molar-refractivity contribution < 1.29 is 10.2 Å². The molecule has 0 amide bonds. The van der Waals surface area contributed by atoms with Gasteiger partial charge in [0.1, 0.15) is 5.65 Å². The van der Waals surface area contributed by atoms with Gasteiger partial charge < -0.3 is 15.2 Å². The molecule has 0 aliphatic carbocycles. The molecule has 0 saturated carbocycles. The topological polar surface area (TPSA) is 69.1 Å². The van der Waals surface area contributed by atoms with Crippen LogP contribution in [0.5, 0.6) is 11.5 Å². The number of fused-ring (bicyclic) bond motifs is 1. The van der Waals surface area contributed by atoms with E-state index in [9.17, 15) is 10.2 Å². The van der Waals surface area contributed by atoms with Gasteiger partial charge in [0.05, 0.1) is 0 Å². The van der Waals surface area contributed by atoms with Crippen molar-refractivity contribution >= 4 is 11.0 Å². The summed E-state index contributed by atoms with van der Waals surface area (Å²) in [6.45, 7) is 2.07. The molecule has 0 atom stereocenters. The number of rotatable bonds is 2. The molecular formula is C20H16N2O2.